The second-order valence-corrected chi connectivity index (χ2v) is 6.13. The SMILES string of the molecule is CC(CCC(=O)O)Nc1ccc(C(C)C)cc1C(C)C. The average molecular weight is 277 g/mol. The Kier molecular flexibility index (Phi) is 6.05. The lowest BCUT2D eigenvalue weighted by molar-refractivity contribution is -0.137. The van der Waals surface area contributed by atoms with Crippen LogP contribution in [0.4, 0.5) is 5.69 Å². The van der Waals surface area contributed by atoms with Gasteiger partial charge in [0.05, 0.1) is 0 Å². The van der Waals surface area contributed by atoms with Crippen LogP contribution in [0.25, 0.3) is 0 Å². The molecular formula is C17H27NO2. The van der Waals surface area contributed by atoms with Gasteiger partial charge in [-0.25, -0.2) is 0 Å². The number of hydrogen-bond donors (Lipinski definition) is 2. The van der Waals surface area contributed by atoms with Gasteiger partial charge in [-0.1, -0.05) is 39.8 Å². The summed E-state index contributed by atoms with van der Waals surface area (Å²) in [7, 11) is 0. The molecule has 20 heavy (non-hydrogen) atoms. The molecule has 0 radical (unpaired) electrons. The van der Waals surface area contributed by atoms with Gasteiger partial charge in [0.15, 0.2) is 0 Å². The van der Waals surface area contributed by atoms with E-state index in [0.29, 0.717) is 18.3 Å². The number of hydrogen-bond acceptors (Lipinski definition) is 2. The third kappa shape index (κ3) is 4.87. The van der Waals surface area contributed by atoms with Gasteiger partial charge in [0.25, 0.3) is 0 Å². The molecule has 0 amide bonds. The maximum Gasteiger partial charge on any atom is 0.303 e. The Bertz CT molecular complexity index is 452. The van der Waals surface area contributed by atoms with Gasteiger partial charge < -0.3 is 10.4 Å². The molecule has 0 aliphatic rings. The molecule has 0 saturated carbocycles. The molecular weight excluding hydrogens is 250 g/mol. The normalized spacial score (nSPS) is 12.8. The van der Waals surface area contributed by atoms with Gasteiger partial charge in [0, 0.05) is 18.2 Å². The largest absolute Gasteiger partial charge is 0.481 e. The Morgan fingerprint density at radius 2 is 1.80 bits per heavy atom. The zero-order valence-electron chi connectivity index (χ0n) is 13.2. The summed E-state index contributed by atoms with van der Waals surface area (Å²) in [6, 6.07) is 6.71. The number of aliphatic carboxylic acids is 1. The molecule has 0 heterocycles. The van der Waals surface area contributed by atoms with Crippen molar-refractivity contribution in [2.24, 2.45) is 0 Å². The summed E-state index contributed by atoms with van der Waals surface area (Å²) in [5, 5.41) is 12.2. The maximum absolute atomic E-state index is 10.6. The van der Waals surface area contributed by atoms with Crippen LogP contribution in [0.3, 0.4) is 0 Å². The summed E-state index contributed by atoms with van der Waals surface area (Å²) in [4.78, 5) is 10.6. The van der Waals surface area contributed by atoms with Gasteiger partial charge in [-0.2, -0.15) is 0 Å². The average Bonchev–Trinajstić information content (AvgIpc) is 2.36. The van der Waals surface area contributed by atoms with E-state index in [1.54, 1.807) is 0 Å². The molecule has 3 nitrogen and oxygen atoms in total. The second-order valence-electron chi connectivity index (χ2n) is 6.13. The fourth-order valence-electron chi connectivity index (χ4n) is 2.23. The molecule has 0 bridgehead atoms. The molecule has 1 aromatic carbocycles. The van der Waals surface area contributed by atoms with Crippen molar-refractivity contribution in [3.05, 3.63) is 29.3 Å². The molecule has 0 saturated heterocycles. The van der Waals surface area contributed by atoms with Gasteiger partial charge >= 0.3 is 5.97 Å². The van der Waals surface area contributed by atoms with Crippen LogP contribution in [-0.2, 0) is 4.79 Å². The van der Waals surface area contributed by atoms with Crippen LogP contribution in [0.15, 0.2) is 18.2 Å². The Morgan fingerprint density at radius 1 is 1.15 bits per heavy atom. The molecule has 0 aliphatic heterocycles. The summed E-state index contributed by atoms with van der Waals surface area (Å²) in [6.45, 7) is 10.8. The Labute approximate surface area is 122 Å². The third-order valence-electron chi connectivity index (χ3n) is 3.56. The van der Waals surface area contributed by atoms with E-state index in [9.17, 15) is 4.79 Å². The molecule has 2 N–H and O–H groups in total. The first-order chi connectivity index (χ1) is 9.31. The lowest BCUT2D eigenvalue weighted by Crippen LogP contribution is -2.18. The molecule has 1 atom stereocenters. The van der Waals surface area contributed by atoms with Crippen molar-refractivity contribution in [3.63, 3.8) is 0 Å². The standard InChI is InChI=1S/C17H27NO2/c1-11(2)14-7-8-16(15(10-14)12(3)4)18-13(5)6-9-17(19)20/h7-8,10-13,18H,6,9H2,1-5H3,(H,19,20). The lowest BCUT2D eigenvalue weighted by Gasteiger charge is -2.21. The van der Waals surface area contributed by atoms with Gasteiger partial charge in [0.2, 0.25) is 0 Å². The van der Waals surface area contributed by atoms with Crippen LogP contribution < -0.4 is 5.32 Å². The van der Waals surface area contributed by atoms with E-state index in [4.69, 9.17) is 5.11 Å². The Hall–Kier alpha value is -1.51. The monoisotopic (exact) mass is 277 g/mol. The molecule has 1 rings (SSSR count). The van der Waals surface area contributed by atoms with Crippen LogP contribution in [0.1, 0.15) is 70.4 Å². The van der Waals surface area contributed by atoms with Crippen molar-refractivity contribution in [1.29, 1.82) is 0 Å². The summed E-state index contributed by atoms with van der Waals surface area (Å²) in [6.07, 6.45) is 0.841. The van der Waals surface area contributed by atoms with Gasteiger partial charge in [0.1, 0.15) is 0 Å². The van der Waals surface area contributed by atoms with E-state index in [0.717, 1.165) is 5.69 Å². The number of carbonyl (C=O) groups is 1. The van der Waals surface area contributed by atoms with Gasteiger partial charge in [-0.15, -0.1) is 0 Å². The molecule has 0 aromatic heterocycles. The van der Waals surface area contributed by atoms with Gasteiger partial charge in [-0.3, -0.25) is 4.79 Å². The second kappa shape index (κ2) is 7.32. The minimum Gasteiger partial charge on any atom is -0.481 e. The van der Waals surface area contributed by atoms with E-state index >= 15 is 0 Å². The minimum atomic E-state index is -0.738. The van der Waals surface area contributed by atoms with E-state index in [2.05, 4.69) is 51.2 Å². The van der Waals surface area contributed by atoms with Crippen LogP contribution in [0.5, 0.6) is 0 Å². The number of carboxylic acids is 1. The molecule has 0 spiro atoms. The maximum atomic E-state index is 10.6. The van der Waals surface area contributed by atoms with E-state index in [1.807, 2.05) is 6.92 Å². The minimum absolute atomic E-state index is 0.161. The topological polar surface area (TPSA) is 49.3 Å². The van der Waals surface area contributed by atoms with E-state index in [-0.39, 0.29) is 12.5 Å². The van der Waals surface area contributed by atoms with Crippen molar-refractivity contribution >= 4 is 11.7 Å². The Morgan fingerprint density at radius 3 is 2.30 bits per heavy atom. The van der Waals surface area contributed by atoms with Crippen LogP contribution >= 0.6 is 0 Å². The highest BCUT2D eigenvalue weighted by atomic mass is 16.4. The van der Waals surface area contributed by atoms with Crippen molar-refractivity contribution in [1.82, 2.24) is 0 Å². The number of rotatable bonds is 7. The van der Waals surface area contributed by atoms with Crippen molar-refractivity contribution < 1.29 is 9.90 Å². The third-order valence-corrected chi connectivity index (χ3v) is 3.56. The molecule has 0 fully saturated rings. The van der Waals surface area contributed by atoms with Crippen LogP contribution in [-0.4, -0.2) is 17.1 Å². The fourth-order valence-corrected chi connectivity index (χ4v) is 2.23. The zero-order chi connectivity index (χ0) is 15.3. The Balaban J connectivity index is 2.85. The molecule has 1 unspecified atom stereocenters. The highest BCUT2D eigenvalue weighted by Crippen LogP contribution is 2.29. The molecule has 1 aromatic rings. The first-order valence-corrected chi connectivity index (χ1v) is 7.43. The number of nitrogens with one attached hydrogen (secondary N) is 1. The summed E-state index contributed by atoms with van der Waals surface area (Å²) in [5.41, 5.74) is 3.78. The number of carboxylic acid groups (broad SMARTS) is 1. The molecule has 3 heteroatoms. The highest BCUT2D eigenvalue weighted by molar-refractivity contribution is 5.66. The van der Waals surface area contributed by atoms with Gasteiger partial charge in [-0.05, 0) is 42.4 Å². The van der Waals surface area contributed by atoms with Crippen molar-refractivity contribution in [2.45, 2.75) is 65.3 Å². The quantitative estimate of drug-likeness (QED) is 0.766. The predicted molar refractivity (Wildman–Crippen MR) is 84.6 cm³/mol. The zero-order valence-corrected chi connectivity index (χ0v) is 13.2. The highest BCUT2D eigenvalue weighted by Gasteiger charge is 2.12. The number of benzene rings is 1. The summed E-state index contributed by atoms with van der Waals surface area (Å²) in [5.74, 6) is 0.228. The lowest BCUT2D eigenvalue weighted by atomic mass is 9.94. The van der Waals surface area contributed by atoms with Crippen LogP contribution in [0, 0.1) is 0 Å². The number of anilines is 1. The van der Waals surface area contributed by atoms with Crippen LogP contribution in [0.2, 0.25) is 0 Å². The molecule has 112 valence electrons. The smallest absolute Gasteiger partial charge is 0.303 e. The van der Waals surface area contributed by atoms with E-state index in [1.165, 1.54) is 11.1 Å². The van der Waals surface area contributed by atoms with Crippen molar-refractivity contribution in [3.8, 4) is 0 Å². The molecule has 0 aliphatic carbocycles. The fraction of sp³-hybridized carbons (Fsp3) is 0.588. The first-order valence-electron chi connectivity index (χ1n) is 7.43. The summed E-state index contributed by atoms with van der Waals surface area (Å²) < 4.78 is 0. The predicted octanol–water partition coefficient (Wildman–Crippen LogP) is 4.60. The van der Waals surface area contributed by atoms with E-state index < -0.39 is 5.97 Å². The first kappa shape index (κ1) is 16.5. The summed E-state index contributed by atoms with van der Waals surface area (Å²) >= 11 is 0. The van der Waals surface area contributed by atoms with Crippen molar-refractivity contribution in [2.75, 3.05) is 5.32 Å².